The molecule has 21 heavy (non-hydrogen) atoms. The van der Waals surface area contributed by atoms with E-state index in [0.29, 0.717) is 0 Å². The Kier molecular flexibility index (Phi) is 4.22. The van der Waals surface area contributed by atoms with Gasteiger partial charge in [0, 0.05) is 32.2 Å². The molecule has 0 spiro atoms. The van der Waals surface area contributed by atoms with Crippen LogP contribution in [-0.4, -0.2) is 31.1 Å². The first-order valence-electron chi connectivity index (χ1n) is 7.66. The molecule has 1 aromatic carbocycles. The molecule has 1 aliphatic heterocycles. The van der Waals surface area contributed by atoms with E-state index in [-0.39, 0.29) is 6.04 Å². The van der Waals surface area contributed by atoms with Crippen LogP contribution in [0.25, 0.3) is 0 Å². The molecule has 0 bridgehead atoms. The van der Waals surface area contributed by atoms with Crippen molar-refractivity contribution in [2.24, 2.45) is 5.92 Å². The van der Waals surface area contributed by atoms with Crippen molar-refractivity contribution in [1.82, 2.24) is 10.2 Å². The van der Waals surface area contributed by atoms with Crippen LogP contribution in [0.5, 0.6) is 0 Å². The number of nitrogens with one attached hydrogen (secondary N) is 1. The van der Waals surface area contributed by atoms with E-state index in [1.165, 1.54) is 25.0 Å². The first kappa shape index (κ1) is 14.9. The van der Waals surface area contributed by atoms with Gasteiger partial charge >= 0.3 is 6.18 Å². The van der Waals surface area contributed by atoms with Gasteiger partial charge in [0.15, 0.2) is 0 Å². The average molecular weight is 298 g/mol. The lowest BCUT2D eigenvalue weighted by atomic mass is 9.97. The third-order valence-electron chi connectivity index (χ3n) is 4.47. The van der Waals surface area contributed by atoms with Crippen molar-refractivity contribution >= 4 is 0 Å². The number of hydrogen-bond acceptors (Lipinski definition) is 2. The predicted octanol–water partition coefficient (Wildman–Crippen LogP) is 3.45. The highest BCUT2D eigenvalue weighted by Crippen LogP contribution is 2.40. The van der Waals surface area contributed by atoms with Gasteiger partial charge in [-0.1, -0.05) is 25.0 Å². The first-order chi connectivity index (χ1) is 10.0. The van der Waals surface area contributed by atoms with E-state index in [9.17, 15) is 13.2 Å². The second-order valence-electron chi connectivity index (χ2n) is 6.10. The van der Waals surface area contributed by atoms with Crippen molar-refractivity contribution in [1.29, 1.82) is 0 Å². The van der Waals surface area contributed by atoms with Crippen LogP contribution in [0, 0.1) is 5.92 Å². The van der Waals surface area contributed by atoms with E-state index in [2.05, 4.69) is 10.2 Å². The monoisotopic (exact) mass is 298 g/mol. The van der Waals surface area contributed by atoms with E-state index in [0.717, 1.165) is 44.1 Å². The molecule has 0 radical (unpaired) electrons. The van der Waals surface area contributed by atoms with Crippen molar-refractivity contribution < 1.29 is 13.2 Å². The van der Waals surface area contributed by atoms with Crippen LogP contribution in [0.4, 0.5) is 13.2 Å². The van der Waals surface area contributed by atoms with Gasteiger partial charge in [-0.25, -0.2) is 0 Å². The van der Waals surface area contributed by atoms with E-state index in [4.69, 9.17) is 0 Å². The zero-order chi connectivity index (χ0) is 14.9. The van der Waals surface area contributed by atoms with Gasteiger partial charge < -0.3 is 5.32 Å². The lowest BCUT2D eigenvalue weighted by molar-refractivity contribution is -0.137. The van der Waals surface area contributed by atoms with Gasteiger partial charge in [-0.15, -0.1) is 0 Å². The zero-order valence-electron chi connectivity index (χ0n) is 12.0. The smallest absolute Gasteiger partial charge is 0.314 e. The molecule has 2 fully saturated rings. The van der Waals surface area contributed by atoms with Gasteiger partial charge in [0.2, 0.25) is 0 Å². The Bertz CT molecular complexity index is 459. The second kappa shape index (κ2) is 5.97. The highest BCUT2D eigenvalue weighted by atomic mass is 19.4. The van der Waals surface area contributed by atoms with Crippen molar-refractivity contribution in [2.75, 3.05) is 26.2 Å². The number of benzene rings is 1. The SMILES string of the molecule is FC(F)(F)c1ccc([C@@H](CC2CC2)N2CCNCC2)cc1. The molecule has 2 aliphatic rings. The highest BCUT2D eigenvalue weighted by molar-refractivity contribution is 5.27. The maximum Gasteiger partial charge on any atom is 0.416 e. The van der Waals surface area contributed by atoms with Gasteiger partial charge in [-0.2, -0.15) is 13.2 Å². The number of rotatable bonds is 4. The Morgan fingerprint density at radius 3 is 2.24 bits per heavy atom. The van der Waals surface area contributed by atoms with E-state index >= 15 is 0 Å². The summed E-state index contributed by atoms with van der Waals surface area (Å²) in [6.45, 7) is 3.86. The fourth-order valence-corrected chi connectivity index (χ4v) is 3.05. The molecule has 1 atom stereocenters. The second-order valence-corrected chi connectivity index (χ2v) is 6.10. The third kappa shape index (κ3) is 3.77. The molecule has 0 aromatic heterocycles. The summed E-state index contributed by atoms with van der Waals surface area (Å²) in [4.78, 5) is 2.41. The molecule has 1 saturated heterocycles. The Morgan fingerprint density at radius 1 is 1.10 bits per heavy atom. The Morgan fingerprint density at radius 2 is 1.71 bits per heavy atom. The van der Waals surface area contributed by atoms with Crippen LogP contribution in [0.2, 0.25) is 0 Å². The summed E-state index contributed by atoms with van der Waals surface area (Å²) in [6, 6.07) is 6.03. The minimum Gasteiger partial charge on any atom is -0.314 e. The van der Waals surface area contributed by atoms with Crippen LogP contribution in [0.3, 0.4) is 0 Å². The molecule has 5 heteroatoms. The molecule has 1 aromatic rings. The number of piperazine rings is 1. The maximum absolute atomic E-state index is 12.7. The van der Waals surface area contributed by atoms with Gasteiger partial charge in [-0.3, -0.25) is 4.90 Å². The minimum atomic E-state index is -4.25. The van der Waals surface area contributed by atoms with Crippen LogP contribution >= 0.6 is 0 Å². The predicted molar refractivity (Wildman–Crippen MR) is 76.0 cm³/mol. The molecule has 1 saturated carbocycles. The minimum absolute atomic E-state index is 0.266. The van der Waals surface area contributed by atoms with Gasteiger partial charge in [0.25, 0.3) is 0 Å². The zero-order valence-corrected chi connectivity index (χ0v) is 12.0. The van der Waals surface area contributed by atoms with Crippen LogP contribution in [0.15, 0.2) is 24.3 Å². The van der Waals surface area contributed by atoms with Crippen molar-refractivity contribution in [3.05, 3.63) is 35.4 Å². The lowest BCUT2D eigenvalue weighted by Crippen LogP contribution is -2.45. The topological polar surface area (TPSA) is 15.3 Å². The fraction of sp³-hybridized carbons (Fsp3) is 0.625. The molecule has 2 nitrogen and oxygen atoms in total. The number of alkyl halides is 3. The van der Waals surface area contributed by atoms with Crippen LogP contribution < -0.4 is 5.32 Å². The van der Waals surface area contributed by atoms with E-state index in [1.807, 2.05) is 0 Å². The molecule has 3 rings (SSSR count). The maximum atomic E-state index is 12.7. The Balaban J connectivity index is 1.78. The van der Waals surface area contributed by atoms with Crippen molar-refractivity contribution in [3.63, 3.8) is 0 Å². The van der Waals surface area contributed by atoms with Gasteiger partial charge in [0.1, 0.15) is 0 Å². The van der Waals surface area contributed by atoms with Crippen LogP contribution in [-0.2, 0) is 6.18 Å². The largest absolute Gasteiger partial charge is 0.416 e. The van der Waals surface area contributed by atoms with Gasteiger partial charge in [-0.05, 0) is 30.0 Å². The summed E-state index contributed by atoms with van der Waals surface area (Å²) >= 11 is 0. The van der Waals surface area contributed by atoms with E-state index in [1.54, 1.807) is 12.1 Å². The van der Waals surface area contributed by atoms with Crippen molar-refractivity contribution in [2.45, 2.75) is 31.5 Å². The van der Waals surface area contributed by atoms with Gasteiger partial charge in [0.05, 0.1) is 5.56 Å². The summed E-state index contributed by atoms with van der Waals surface area (Å²) < 4.78 is 38.0. The number of nitrogens with zero attached hydrogens (tertiary/aromatic N) is 1. The summed E-state index contributed by atoms with van der Waals surface area (Å²) in [5.41, 5.74) is 0.466. The highest BCUT2D eigenvalue weighted by Gasteiger charge is 2.32. The fourth-order valence-electron chi connectivity index (χ4n) is 3.05. The van der Waals surface area contributed by atoms with E-state index < -0.39 is 11.7 Å². The summed E-state index contributed by atoms with van der Waals surface area (Å²) in [6.07, 6.45) is -0.641. The summed E-state index contributed by atoms with van der Waals surface area (Å²) in [5, 5.41) is 3.33. The molecular formula is C16H21F3N2. The molecule has 1 aliphatic carbocycles. The lowest BCUT2D eigenvalue weighted by Gasteiger charge is -2.35. The molecular weight excluding hydrogens is 277 g/mol. The molecule has 1 N–H and O–H groups in total. The normalized spacial score (nSPS) is 22.2. The van der Waals surface area contributed by atoms with Crippen molar-refractivity contribution in [3.8, 4) is 0 Å². The average Bonchev–Trinajstić information content (AvgIpc) is 3.29. The Hall–Kier alpha value is -1.07. The molecule has 0 amide bonds. The number of halogens is 3. The third-order valence-corrected chi connectivity index (χ3v) is 4.47. The summed E-state index contributed by atoms with van der Waals surface area (Å²) in [5.74, 6) is 0.757. The van der Waals surface area contributed by atoms with Crippen LogP contribution in [0.1, 0.15) is 36.4 Å². The first-order valence-corrected chi connectivity index (χ1v) is 7.66. The molecule has 116 valence electrons. The number of hydrogen-bond donors (Lipinski definition) is 1. The standard InChI is InChI=1S/C16H21F3N2/c17-16(18,19)14-5-3-13(4-6-14)15(11-12-1-2-12)21-9-7-20-8-10-21/h3-6,12,15,20H,1-2,7-11H2/t15-/m1/s1. The Labute approximate surface area is 123 Å². The molecule has 1 heterocycles. The summed E-state index contributed by atoms with van der Waals surface area (Å²) in [7, 11) is 0. The quantitative estimate of drug-likeness (QED) is 0.916. The molecule has 0 unspecified atom stereocenters.